The summed E-state index contributed by atoms with van der Waals surface area (Å²) in [6.45, 7) is 2.51. The third-order valence-electron chi connectivity index (χ3n) is 6.04. The SMILES string of the molecule is CCC1(C2CCCCCCCC2)CCCCCCCP1. The average molecular weight is 296 g/mol. The van der Waals surface area contributed by atoms with E-state index in [-0.39, 0.29) is 0 Å². The van der Waals surface area contributed by atoms with Gasteiger partial charge in [-0.25, -0.2) is 0 Å². The summed E-state index contributed by atoms with van der Waals surface area (Å²) in [6.07, 6.45) is 24.4. The molecule has 0 radical (unpaired) electrons. The zero-order chi connectivity index (χ0) is 14.1. The standard InChI is InChI=1S/C19H37P/c1-2-19(16-12-8-5-9-13-17-20-19)18-14-10-6-3-4-7-11-15-18/h18,20H,2-17H2,1H3. The molecular weight excluding hydrogens is 259 g/mol. The van der Waals surface area contributed by atoms with Crippen molar-refractivity contribution in [3.63, 3.8) is 0 Å². The van der Waals surface area contributed by atoms with Crippen LogP contribution in [0.1, 0.15) is 103 Å². The molecule has 2 rings (SSSR count). The largest absolute Gasteiger partial charge is 0.115 e. The fourth-order valence-corrected chi connectivity index (χ4v) is 6.75. The van der Waals surface area contributed by atoms with Crippen molar-refractivity contribution >= 4 is 8.58 Å². The van der Waals surface area contributed by atoms with Crippen LogP contribution in [0.5, 0.6) is 0 Å². The Hall–Kier alpha value is 0.430. The van der Waals surface area contributed by atoms with Crippen LogP contribution < -0.4 is 0 Å². The second-order valence-electron chi connectivity index (χ2n) is 7.35. The summed E-state index contributed by atoms with van der Waals surface area (Å²) in [7, 11) is 1.27. The monoisotopic (exact) mass is 296 g/mol. The Morgan fingerprint density at radius 2 is 1.30 bits per heavy atom. The van der Waals surface area contributed by atoms with Crippen molar-refractivity contribution in [1.82, 2.24) is 0 Å². The van der Waals surface area contributed by atoms with E-state index >= 15 is 0 Å². The highest BCUT2D eigenvalue weighted by Crippen LogP contribution is 2.50. The highest BCUT2D eigenvalue weighted by Gasteiger charge is 2.35. The van der Waals surface area contributed by atoms with Crippen LogP contribution in [-0.2, 0) is 0 Å². The van der Waals surface area contributed by atoms with Gasteiger partial charge in [-0.1, -0.05) is 71.1 Å². The van der Waals surface area contributed by atoms with Crippen LogP contribution in [0.4, 0.5) is 0 Å². The van der Waals surface area contributed by atoms with Gasteiger partial charge in [0.1, 0.15) is 0 Å². The number of rotatable bonds is 2. The van der Waals surface area contributed by atoms with Crippen molar-refractivity contribution in [3.8, 4) is 0 Å². The molecule has 2 aliphatic rings. The normalized spacial score (nSPS) is 33.5. The van der Waals surface area contributed by atoms with E-state index in [0.717, 1.165) is 11.1 Å². The lowest BCUT2D eigenvalue weighted by Gasteiger charge is -2.41. The average Bonchev–Trinajstić information content (AvgIpc) is 2.69. The molecule has 0 nitrogen and oxygen atoms in total. The van der Waals surface area contributed by atoms with Gasteiger partial charge < -0.3 is 0 Å². The zero-order valence-electron chi connectivity index (χ0n) is 13.9. The maximum Gasteiger partial charge on any atom is -0.00963 e. The Kier molecular flexibility index (Phi) is 7.93. The third-order valence-corrected chi connectivity index (χ3v) is 8.36. The van der Waals surface area contributed by atoms with E-state index < -0.39 is 0 Å². The predicted octanol–water partition coefficient (Wildman–Crippen LogP) is 6.92. The number of hydrogen-bond donors (Lipinski definition) is 0. The second kappa shape index (κ2) is 9.45. The zero-order valence-corrected chi connectivity index (χ0v) is 14.9. The number of hydrogen-bond acceptors (Lipinski definition) is 0. The summed E-state index contributed by atoms with van der Waals surface area (Å²) in [5.74, 6) is 1.07. The molecule has 1 saturated heterocycles. The van der Waals surface area contributed by atoms with Crippen LogP contribution in [0, 0.1) is 5.92 Å². The van der Waals surface area contributed by atoms with Crippen molar-refractivity contribution in [3.05, 3.63) is 0 Å². The topological polar surface area (TPSA) is 0 Å². The summed E-state index contributed by atoms with van der Waals surface area (Å²) < 4.78 is 0. The molecule has 20 heavy (non-hydrogen) atoms. The van der Waals surface area contributed by atoms with Gasteiger partial charge >= 0.3 is 0 Å². The lowest BCUT2D eigenvalue weighted by Crippen LogP contribution is -2.33. The predicted molar refractivity (Wildman–Crippen MR) is 94.3 cm³/mol. The van der Waals surface area contributed by atoms with Crippen molar-refractivity contribution in [2.75, 3.05) is 6.16 Å². The first kappa shape index (κ1) is 16.8. The molecular formula is C19H37P. The summed E-state index contributed by atoms with van der Waals surface area (Å²) in [5.41, 5.74) is 0. The first-order chi connectivity index (χ1) is 9.87. The molecule has 118 valence electrons. The Bertz CT molecular complexity index is 228. The van der Waals surface area contributed by atoms with Gasteiger partial charge in [0.25, 0.3) is 0 Å². The van der Waals surface area contributed by atoms with Crippen molar-refractivity contribution in [2.45, 2.75) is 108 Å². The first-order valence-corrected chi connectivity index (χ1v) is 10.8. The van der Waals surface area contributed by atoms with Gasteiger partial charge in [0.15, 0.2) is 0 Å². The van der Waals surface area contributed by atoms with E-state index in [1.165, 1.54) is 85.6 Å². The lowest BCUT2D eigenvalue weighted by molar-refractivity contribution is 0.288. The molecule has 0 amide bonds. The van der Waals surface area contributed by atoms with Gasteiger partial charge in [-0.15, -0.1) is 8.58 Å². The molecule has 1 heterocycles. The summed E-state index contributed by atoms with van der Waals surface area (Å²) in [4.78, 5) is 0. The summed E-state index contributed by atoms with van der Waals surface area (Å²) in [5, 5.41) is 0.759. The molecule has 2 unspecified atom stereocenters. The van der Waals surface area contributed by atoms with Crippen LogP contribution in [0.2, 0.25) is 0 Å². The van der Waals surface area contributed by atoms with Crippen molar-refractivity contribution in [1.29, 1.82) is 0 Å². The molecule has 1 heteroatoms. The van der Waals surface area contributed by atoms with E-state index in [1.807, 2.05) is 0 Å². The van der Waals surface area contributed by atoms with Gasteiger partial charge in [-0.3, -0.25) is 0 Å². The quantitative estimate of drug-likeness (QED) is 0.485. The van der Waals surface area contributed by atoms with Gasteiger partial charge in [0, 0.05) is 0 Å². The molecule has 0 aromatic rings. The second-order valence-corrected chi connectivity index (χ2v) is 9.20. The van der Waals surface area contributed by atoms with Crippen LogP contribution in [0.25, 0.3) is 0 Å². The minimum Gasteiger partial charge on any atom is -0.115 e. The smallest absolute Gasteiger partial charge is 0.00963 e. The fourth-order valence-electron chi connectivity index (χ4n) is 4.65. The highest BCUT2D eigenvalue weighted by molar-refractivity contribution is 7.40. The van der Waals surface area contributed by atoms with E-state index in [1.54, 1.807) is 25.4 Å². The Balaban J connectivity index is 2.03. The molecule has 0 bridgehead atoms. The van der Waals surface area contributed by atoms with Gasteiger partial charge in [0.05, 0.1) is 0 Å². The van der Waals surface area contributed by atoms with Crippen molar-refractivity contribution in [2.24, 2.45) is 5.92 Å². The summed E-state index contributed by atoms with van der Waals surface area (Å²) >= 11 is 0. The van der Waals surface area contributed by atoms with E-state index in [2.05, 4.69) is 6.92 Å². The van der Waals surface area contributed by atoms with Gasteiger partial charge in [-0.2, -0.15) is 0 Å². The van der Waals surface area contributed by atoms with E-state index in [4.69, 9.17) is 0 Å². The minimum absolute atomic E-state index is 0.759. The molecule has 1 aliphatic carbocycles. The Morgan fingerprint density at radius 3 is 1.95 bits per heavy atom. The van der Waals surface area contributed by atoms with Crippen LogP contribution >= 0.6 is 8.58 Å². The van der Waals surface area contributed by atoms with Gasteiger partial charge in [-0.05, 0) is 49.3 Å². The summed E-state index contributed by atoms with van der Waals surface area (Å²) in [6, 6.07) is 0. The first-order valence-electron chi connectivity index (χ1n) is 9.62. The van der Waals surface area contributed by atoms with Crippen LogP contribution in [0.15, 0.2) is 0 Å². The maximum atomic E-state index is 2.51. The Morgan fingerprint density at radius 1 is 0.750 bits per heavy atom. The third kappa shape index (κ3) is 5.01. The highest BCUT2D eigenvalue weighted by atomic mass is 31.1. The molecule has 0 N–H and O–H groups in total. The lowest BCUT2D eigenvalue weighted by atomic mass is 9.79. The molecule has 1 saturated carbocycles. The van der Waals surface area contributed by atoms with Crippen LogP contribution in [-0.4, -0.2) is 11.3 Å². The molecule has 1 aliphatic heterocycles. The molecule has 0 spiro atoms. The van der Waals surface area contributed by atoms with Crippen molar-refractivity contribution < 1.29 is 0 Å². The molecule has 0 aromatic heterocycles. The molecule has 2 fully saturated rings. The molecule has 2 atom stereocenters. The Labute approximate surface area is 129 Å². The minimum atomic E-state index is 0.759. The van der Waals surface area contributed by atoms with Gasteiger partial charge in [0.2, 0.25) is 0 Å². The van der Waals surface area contributed by atoms with E-state index in [0.29, 0.717) is 0 Å². The maximum absolute atomic E-state index is 2.51. The van der Waals surface area contributed by atoms with E-state index in [9.17, 15) is 0 Å². The fraction of sp³-hybridized carbons (Fsp3) is 1.00. The molecule has 0 aromatic carbocycles. The van der Waals surface area contributed by atoms with Crippen LogP contribution in [0.3, 0.4) is 0 Å².